The highest BCUT2D eigenvalue weighted by Gasteiger charge is 2.34. The number of nitrogens with one attached hydrogen (secondary N) is 1. The minimum Gasteiger partial charge on any atom is -0.395 e. The van der Waals surface area contributed by atoms with Crippen LogP contribution < -0.4 is 5.32 Å². The minimum absolute atomic E-state index is 0.0918. The fourth-order valence-electron chi connectivity index (χ4n) is 1.95. The van der Waals surface area contributed by atoms with Gasteiger partial charge in [-0.2, -0.15) is 13.2 Å². The van der Waals surface area contributed by atoms with Crippen LogP contribution in [0.1, 0.15) is 31.4 Å². The van der Waals surface area contributed by atoms with Gasteiger partial charge in [0.05, 0.1) is 12.2 Å². The summed E-state index contributed by atoms with van der Waals surface area (Å²) in [7, 11) is 0. The summed E-state index contributed by atoms with van der Waals surface area (Å²) >= 11 is 0. The van der Waals surface area contributed by atoms with Crippen LogP contribution in [0.15, 0.2) is 18.2 Å². The Kier molecular flexibility index (Phi) is 5.95. The molecule has 0 heterocycles. The number of hydrogen-bond acceptors (Lipinski definition) is 2. The zero-order chi connectivity index (χ0) is 15.3. The Morgan fingerprint density at radius 2 is 1.90 bits per heavy atom. The van der Waals surface area contributed by atoms with Crippen LogP contribution in [0, 0.1) is 11.7 Å². The van der Waals surface area contributed by atoms with Gasteiger partial charge in [-0.05, 0) is 30.0 Å². The molecule has 0 saturated carbocycles. The molecule has 2 nitrogen and oxygen atoms in total. The van der Waals surface area contributed by atoms with Crippen LogP contribution in [0.3, 0.4) is 0 Å². The molecular weight excluding hydrogens is 274 g/mol. The predicted molar refractivity (Wildman–Crippen MR) is 68.6 cm³/mol. The maximum atomic E-state index is 13.1. The van der Waals surface area contributed by atoms with Gasteiger partial charge in [0.25, 0.3) is 0 Å². The van der Waals surface area contributed by atoms with E-state index < -0.39 is 17.6 Å². The molecule has 0 radical (unpaired) electrons. The Morgan fingerprint density at radius 1 is 1.25 bits per heavy atom. The van der Waals surface area contributed by atoms with E-state index in [1.807, 2.05) is 13.8 Å². The molecule has 0 amide bonds. The van der Waals surface area contributed by atoms with Crippen LogP contribution in [-0.4, -0.2) is 17.8 Å². The third-order valence-electron chi connectivity index (χ3n) is 2.91. The van der Waals surface area contributed by atoms with Crippen LogP contribution in [-0.2, 0) is 12.7 Å². The largest absolute Gasteiger partial charge is 0.419 e. The van der Waals surface area contributed by atoms with Crippen molar-refractivity contribution in [3.8, 4) is 0 Å². The molecule has 2 N–H and O–H groups in total. The van der Waals surface area contributed by atoms with Crippen molar-refractivity contribution in [1.82, 2.24) is 5.32 Å². The molecule has 6 heteroatoms. The molecule has 0 saturated heterocycles. The van der Waals surface area contributed by atoms with Crippen molar-refractivity contribution in [3.63, 3.8) is 0 Å². The first-order valence-corrected chi connectivity index (χ1v) is 6.44. The summed E-state index contributed by atoms with van der Waals surface area (Å²) in [6, 6.07) is 2.73. The Morgan fingerprint density at radius 3 is 2.40 bits per heavy atom. The second kappa shape index (κ2) is 7.04. The van der Waals surface area contributed by atoms with E-state index in [1.54, 1.807) is 0 Å². The lowest BCUT2D eigenvalue weighted by Crippen LogP contribution is -2.33. The average Bonchev–Trinajstić information content (AvgIpc) is 2.34. The van der Waals surface area contributed by atoms with Gasteiger partial charge in [-0.15, -0.1) is 0 Å². The van der Waals surface area contributed by atoms with Crippen molar-refractivity contribution < 1.29 is 22.7 Å². The Labute approximate surface area is 115 Å². The molecule has 1 aromatic carbocycles. The molecule has 0 bridgehead atoms. The van der Waals surface area contributed by atoms with Crippen LogP contribution >= 0.6 is 0 Å². The second-order valence-corrected chi connectivity index (χ2v) is 5.20. The van der Waals surface area contributed by atoms with Gasteiger partial charge in [-0.25, -0.2) is 4.39 Å². The molecule has 1 unspecified atom stereocenters. The van der Waals surface area contributed by atoms with Gasteiger partial charge in [0.2, 0.25) is 0 Å². The lowest BCUT2D eigenvalue weighted by Gasteiger charge is -2.18. The predicted octanol–water partition coefficient (Wildman–Crippen LogP) is 3.34. The van der Waals surface area contributed by atoms with E-state index >= 15 is 0 Å². The second-order valence-electron chi connectivity index (χ2n) is 5.20. The summed E-state index contributed by atoms with van der Waals surface area (Å²) in [6.45, 7) is 4.04. The van der Waals surface area contributed by atoms with Crippen LogP contribution in [0.2, 0.25) is 0 Å². The quantitative estimate of drug-likeness (QED) is 0.788. The first-order chi connectivity index (χ1) is 9.24. The van der Waals surface area contributed by atoms with E-state index in [4.69, 9.17) is 0 Å². The zero-order valence-electron chi connectivity index (χ0n) is 11.5. The molecule has 0 spiro atoms. The van der Waals surface area contributed by atoms with Crippen molar-refractivity contribution in [2.45, 2.75) is 39.0 Å². The number of benzene rings is 1. The highest BCUT2D eigenvalue weighted by atomic mass is 19.4. The highest BCUT2D eigenvalue weighted by molar-refractivity contribution is 5.27. The number of halogens is 4. The summed E-state index contributed by atoms with van der Waals surface area (Å²) < 4.78 is 50.8. The van der Waals surface area contributed by atoms with Crippen molar-refractivity contribution in [1.29, 1.82) is 0 Å². The molecule has 0 aliphatic rings. The summed E-state index contributed by atoms with van der Waals surface area (Å²) in [4.78, 5) is 0. The molecular formula is C14H19F4NO. The van der Waals surface area contributed by atoms with Crippen LogP contribution in [0.5, 0.6) is 0 Å². The van der Waals surface area contributed by atoms with Gasteiger partial charge in [-0.1, -0.05) is 19.9 Å². The van der Waals surface area contributed by atoms with Gasteiger partial charge < -0.3 is 10.4 Å². The zero-order valence-corrected chi connectivity index (χ0v) is 11.5. The molecule has 0 aliphatic heterocycles. The maximum Gasteiger partial charge on any atom is 0.419 e. The first kappa shape index (κ1) is 16.9. The fourth-order valence-corrected chi connectivity index (χ4v) is 1.95. The van der Waals surface area contributed by atoms with E-state index in [2.05, 4.69) is 5.32 Å². The molecule has 1 rings (SSSR count). The Balaban J connectivity index is 2.74. The molecule has 0 aliphatic carbocycles. The monoisotopic (exact) mass is 293 g/mol. The molecule has 1 atom stereocenters. The van der Waals surface area contributed by atoms with E-state index in [-0.39, 0.29) is 19.2 Å². The average molecular weight is 293 g/mol. The van der Waals surface area contributed by atoms with Crippen molar-refractivity contribution >= 4 is 0 Å². The number of aliphatic hydroxyl groups is 1. The van der Waals surface area contributed by atoms with Crippen LogP contribution in [0.25, 0.3) is 0 Å². The van der Waals surface area contributed by atoms with Gasteiger partial charge in [0, 0.05) is 12.6 Å². The SMILES string of the molecule is CC(C)CC(CO)NCc1ccc(F)c(C(F)(F)F)c1. The summed E-state index contributed by atoms with van der Waals surface area (Å²) in [5.74, 6) is -0.916. The standard InChI is InChI=1S/C14H19F4NO/c1-9(2)5-11(8-20)19-7-10-3-4-13(15)12(6-10)14(16,17)18/h3-4,6,9,11,19-20H,5,7-8H2,1-2H3. The summed E-state index contributed by atoms with van der Waals surface area (Å²) in [5.41, 5.74) is -0.929. The lowest BCUT2D eigenvalue weighted by atomic mass is 10.0. The van der Waals surface area contributed by atoms with Crippen LogP contribution in [0.4, 0.5) is 17.6 Å². The van der Waals surface area contributed by atoms with E-state index in [0.29, 0.717) is 17.9 Å². The van der Waals surface area contributed by atoms with E-state index in [0.717, 1.165) is 12.1 Å². The van der Waals surface area contributed by atoms with Crippen molar-refractivity contribution in [2.24, 2.45) is 5.92 Å². The Bertz CT molecular complexity index is 432. The maximum absolute atomic E-state index is 13.1. The molecule has 114 valence electrons. The molecule has 1 aromatic rings. The summed E-state index contributed by atoms with van der Waals surface area (Å²) in [5, 5.41) is 12.2. The van der Waals surface area contributed by atoms with Gasteiger partial charge in [0.1, 0.15) is 5.82 Å². The van der Waals surface area contributed by atoms with Gasteiger partial charge in [-0.3, -0.25) is 0 Å². The first-order valence-electron chi connectivity index (χ1n) is 6.44. The molecule has 0 aromatic heterocycles. The molecule has 20 heavy (non-hydrogen) atoms. The normalized spacial score (nSPS) is 13.8. The van der Waals surface area contributed by atoms with E-state index in [1.165, 1.54) is 6.07 Å². The van der Waals surface area contributed by atoms with Gasteiger partial charge in [0.15, 0.2) is 0 Å². The highest BCUT2D eigenvalue weighted by Crippen LogP contribution is 2.31. The minimum atomic E-state index is -4.70. The molecule has 0 fully saturated rings. The number of hydrogen-bond donors (Lipinski definition) is 2. The number of alkyl halides is 3. The Hall–Kier alpha value is -1.14. The summed E-state index contributed by atoms with van der Waals surface area (Å²) in [6.07, 6.45) is -3.99. The number of rotatable bonds is 6. The fraction of sp³-hybridized carbons (Fsp3) is 0.571. The van der Waals surface area contributed by atoms with E-state index in [9.17, 15) is 22.7 Å². The topological polar surface area (TPSA) is 32.3 Å². The van der Waals surface area contributed by atoms with Crippen molar-refractivity contribution in [2.75, 3.05) is 6.61 Å². The van der Waals surface area contributed by atoms with Crippen molar-refractivity contribution in [3.05, 3.63) is 35.1 Å². The lowest BCUT2D eigenvalue weighted by molar-refractivity contribution is -0.140. The number of aliphatic hydroxyl groups excluding tert-OH is 1. The smallest absolute Gasteiger partial charge is 0.395 e. The van der Waals surface area contributed by atoms with Gasteiger partial charge >= 0.3 is 6.18 Å². The third-order valence-corrected chi connectivity index (χ3v) is 2.91. The third kappa shape index (κ3) is 5.09.